The van der Waals surface area contributed by atoms with E-state index < -0.39 is 23.7 Å². The number of Topliss-reactive ketones (excluding diaryl/α,β-unsaturated/α-hetero) is 1. The SMILES string of the molecule is CC(C)(C)OC(=O)N1CCC[C@H]1C(=O)OCC(=O)c1cccc2c(Br)cccc12. The first-order valence-corrected chi connectivity index (χ1v) is 10.3. The Kier molecular flexibility index (Phi) is 6.27. The Morgan fingerprint density at radius 1 is 1.10 bits per heavy atom. The Morgan fingerprint density at radius 3 is 2.52 bits per heavy atom. The van der Waals surface area contributed by atoms with Gasteiger partial charge in [0.15, 0.2) is 6.61 Å². The van der Waals surface area contributed by atoms with Gasteiger partial charge in [-0.25, -0.2) is 9.59 Å². The summed E-state index contributed by atoms with van der Waals surface area (Å²) < 4.78 is 11.5. The number of fused-ring (bicyclic) bond motifs is 1. The summed E-state index contributed by atoms with van der Waals surface area (Å²) in [6.07, 6.45) is 0.639. The zero-order valence-corrected chi connectivity index (χ0v) is 18.3. The van der Waals surface area contributed by atoms with E-state index in [-0.39, 0.29) is 12.4 Å². The summed E-state index contributed by atoms with van der Waals surface area (Å²) in [4.78, 5) is 39.0. The third-order valence-corrected chi connectivity index (χ3v) is 5.36. The molecule has 2 aromatic carbocycles. The van der Waals surface area contributed by atoms with Gasteiger partial charge < -0.3 is 9.47 Å². The summed E-state index contributed by atoms with van der Waals surface area (Å²) in [5.74, 6) is -0.869. The number of benzene rings is 2. The first-order valence-electron chi connectivity index (χ1n) is 9.54. The summed E-state index contributed by atoms with van der Waals surface area (Å²) in [5.41, 5.74) is -0.153. The Balaban J connectivity index is 1.67. The van der Waals surface area contributed by atoms with Crippen molar-refractivity contribution in [1.82, 2.24) is 4.90 Å². The number of halogens is 1. The Hall–Kier alpha value is -2.41. The van der Waals surface area contributed by atoms with Gasteiger partial charge in [0, 0.05) is 16.6 Å². The first-order chi connectivity index (χ1) is 13.7. The number of carbonyl (C=O) groups is 3. The van der Waals surface area contributed by atoms with E-state index in [4.69, 9.17) is 9.47 Å². The average Bonchev–Trinajstić information content (AvgIpc) is 3.14. The molecule has 2 aromatic rings. The highest BCUT2D eigenvalue weighted by molar-refractivity contribution is 9.10. The van der Waals surface area contributed by atoms with Gasteiger partial charge in [0.2, 0.25) is 5.78 Å². The van der Waals surface area contributed by atoms with Gasteiger partial charge in [0.1, 0.15) is 11.6 Å². The molecule has 1 amide bonds. The summed E-state index contributed by atoms with van der Waals surface area (Å²) in [7, 11) is 0. The Labute approximate surface area is 178 Å². The molecule has 0 saturated carbocycles. The highest BCUT2D eigenvalue weighted by Gasteiger charge is 2.37. The molecule has 0 aromatic heterocycles. The van der Waals surface area contributed by atoms with Crippen molar-refractivity contribution in [2.24, 2.45) is 0 Å². The molecule has 1 saturated heterocycles. The van der Waals surface area contributed by atoms with Crippen molar-refractivity contribution in [2.75, 3.05) is 13.2 Å². The van der Waals surface area contributed by atoms with Crippen LogP contribution in [0.1, 0.15) is 44.0 Å². The van der Waals surface area contributed by atoms with Crippen LogP contribution in [0.5, 0.6) is 0 Å². The molecule has 29 heavy (non-hydrogen) atoms. The predicted octanol–water partition coefficient (Wildman–Crippen LogP) is 4.73. The molecule has 154 valence electrons. The standard InChI is InChI=1S/C22H24BrNO5/c1-22(2,3)29-21(27)24-12-6-11-18(24)20(26)28-13-19(25)16-9-4-8-15-14(16)7-5-10-17(15)23/h4-5,7-10,18H,6,11-13H2,1-3H3/t18-/m0/s1. The lowest BCUT2D eigenvalue weighted by Gasteiger charge is -2.27. The zero-order chi connectivity index (χ0) is 21.2. The molecule has 0 N–H and O–H groups in total. The minimum Gasteiger partial charge on any atom is -0.456 e. The molecule has 0 unspecified atom stereocenters. The van der Waals surface area contributed by atoms with E-state index in [0.29, 0.717) is 24.9 Å². The van der Waals surface area contributed by atoms with E-state index >= 15 is 0 Å². The van der Waals surface area contributed by atoms with Gasteiger partial charge in [0.25, 0.3) is 0 Å². The maximum absolute atomic E-state index is 12.7. The lowest BCUT2D eigenvalue weighted by Crippen LogP contribution is -2.44. The molecular weight excluding hydrogens is 438 g/mol. The molecular formula is C22H24BrNO5. The molecule has 7 heteroatoms. The minimum absolute atomic E-state index is 0.288. The number of esters is 1. The van der Waals surface area contributed by atoms with Gasteiger partial charge in [-0.2, -0.15) is 0 Å². The highest BCUT2D eigenvalue weighted by Crippen LogP contribution is 2.27. The molecule has 0 aliphatic carbocycles. The monoisotopic (exact) mass is 461 g/mol. The van der Waals surface area contributed by atoms with Gasteiger partial charge >= 0.3 is 12.1 Å². The third kappa shape index (κ3) is 4.96. The number of likely N-dealkylation sites (tertiary alicyclic amines) is 1. The molecule has 1 aliphatic heterocycles. The zero-order valence-electron chi connectivity index (χ0n) is 16.7. The number of carbonyl (C=O) groups excluding carboxylic acids is 3. The maximum atomic E-state index is 12.7. The van der Waals surface area contributed by atoms with E-state index in [9.17, 15) is 14.4 Å². The quantitative estimate of drug-likeness (QED) is 0.486. The number of nitrogens with zero attached hydrogens (tertiary/aromatic N) is 1. The molecule has 1 aliphatic rings. The van der Waals surface area contributed by atoms with Crippen molar-refractivity contribution in [3.05, 3.63) is 46.4 Å². The number of rotatable bonds is 4. The second-order valence-electron chi connectivity index (χ2n) is 8.00. The van der Waals surface area contributed by atoms with E-state index in [1.807, 2.05) is 24.3 Å². The normalized spacial score (nSPS) is 16.7. The van der Waals surface area contributed by atoms with Crippen molar-refractivity contribution < 1.29 is 23.9 Å². The summed E-state index contributed by atoms with van der Waals surface area (Å²) in [6.45, 7) is 5.38. The van der Waals surface area contributed by atoms with E-state index in [2.05, 4.69) is 15.9 Å². The molecule has 1 atom stereocenters. The number of ether oxygens (including phenoxy) is 2. The molecule has 6 nitrogen and oxygen atoms in total. The van der Waals surface area contributed by atoms with Crippen LogP contribution < -0.4 is 0 Å². The second-order valence-corrected chi connectivity index (χ2v) is 8.86. The summed E-state index contributed by atoms with van der Waals surface area (Å²) in [5, 5.41) is 1.70. The Bertz CT molecular complexity index is 950. The lowest BCUT2D eigenvalue weighted by atomic mass is 10.0. The number of hydrogen-bond acceptors (Lipinski definition) is 5. The molecule has 0 spiro atoms. The van der Waals surface area contributed by atoms with Gasteiger partial charge in [-0.15, -0.1) is 0 Å². The summed E-state index contributed by atoms with van der Waals surface area (Å²) >= 11 is 3.48. The van der Waals surface area contributed by atoms with E-state index in [1.165, 1.54) is 4.90 Å². The minimum atomic E-state index is -0.723. The van der Waals surface area contributed by atoms with E-state index in [0.717, 1.165) is 15.2 Å². The largest absolute Gasteiger partial charge is 0.456 e. The number of hydrogen-bond donors (Lipinski definition) is 0. The van der Waals surface area contributed by atoms with Crippen LogP contribution in [-0.2, 0) is 14.3 Å². The first kappa shape index (κ1) is 21.3. The van der Waals surface area contributed by atoms with Crippen molar-refractivity contribution in [2.45, 2.75) is 45.3 Å². The highest BCUT2D eigenvalue weighted by atomic mass is 79.9. The predicted molar refractivity (Wildman–Crippen MR) is 113 cm³/mol. The number of ketones is 1. The van der Waals surface area contributed by atoms with Gasteiger partial charge in [-0.1, -0.05) is 46.3 Å². The van der Waals surface area contributed by atoms with Crippen LogP contribution in [0.4, 0.5) is 4.79 Å². The van der Waals surface area contributed by atoms with Crippen LogP contribution in [0.15, 0.2) is 40.9 Å². The molecule has 1 fully saturated rings. The van der Waals surface area contributed by atoms with Crippen LogP contribution in [0.3, 0.4) is 0 Å². The Morgan fingerprint density at radius 2 is 1.79 bits per heavy atom. The average molecular weight is 462 g/mol. The van der Waals surface area contributed by atoms with Gasteiger partial charge in [0.05, 0.1) is 0 Å². The maximum Gasteiger partial charge on any atom is 0.411 e. The van der Waals surface area contributed by atoms with Crippen LogP contribution in [0.2, 0.25) is 0 Å². The lowest BCUT2D eigenvalue weighted by molar-refractivity contribution is -0.147. The van der Waals surface area contributed by atoms with E-state index in [1.54, 1.807) is 32.9 Å². The van der Waals surface area contributed by atoms with Crippen molar-refractivity contribution in [1.29, 1.82) is 0 Å². The fraction of sp³-hybridized carbons (Fsp3) is 0.409. The fourth-order valence-corrected chi connectivity index (χ4v) is 3.87. The van der Waals surface area contributed by atoms with Gasteiger partial charge in [-0.3, -0.25) is 9.69 Å². The molecule has 3 rings (SSSR count). The molecule has 0 bridgehead atoms. The number of amides is 1. The van der Waals surface area contributed by atoms with Crippen LogP contribution in [-0.4, -0.2) is 47.5 Å². The summed E-state index contributed by atoms with van der Waals surface area (Å²) in [6, 6.07) is 10.3. The topological polar surface area (TPSA) is 72.9 Å². The van der Waals surface area contributed by atoms with Crippen molar-refractivity contribution in [3.8, 4) is 0 Å². The second kappa shape index (κ2) is 8.53. The smallest absolute Gasteiger partial charge is 0.411 e. The van der Waals surface area contributed by atoms with Crippen LogP contribution in [0.25, 0.3) is 10.8 Å². The fourth-order valence-electron chi connectivity index (χ4n) is 3.38. The van der Waals surface area contributed by atoms with Crippen molar-refractivity contribution >= 4 is 44.5 Å². The third-order valence-electron chi connectivity index (χ3n) is 4.67. The van der Waals surface area contributed by atoms with Crippen molar-refractivity contribution in [3.63, 3.8) is 0 Å². The van der Waals surface area contributed by atoms with Crippen LogP contribution in [0, 0.1) is 0 Å². The van der Waals surface area contributed by atoms with Crippen LogP contribution >= 0.6 is 15.9 Å². The molecule has 1 heterocycles. The van der Waals surface area contributed by atoms with Gasteiger partial charge in [-0.05, 0) is 50.5 Å². The molecule has 0 radical (unpaired) electrons.